The van der Waals surface area contributed by atoms with E-state index in [0.717, 1.165) is 31.2 Å². The molecule has 3 heteroatoms. The van der Waals surface area contributed by atoms with Crippen LogP contribution in [-0.2, 0) is 6.54 Å². The van der Waals surface area contributed by atoms with Crippen molar-refractivity contribution in [3.63, 3.8) is 0 Å². The quantitative estimate of drug-likeness (QED) is 0.852. The summed E-state index contributed by atoms with van der Waals surface area (Å²) in [5, 5.41) is 4.31. The fourth-order valence-corrected chi connectivity index (χ4v) is 2.34. The van der Waals surface area contributed by atoms with Crippen molar-refractivity contribution in [3.8, 4) is 0 Å². The lowest BCUT2D eigenvalue weighted by Crippen LogP contribution is -2.48. The van der Waals surface area contributed by atoms with Crippen molar-refractivity contribution < 1.29 is 0 Å². The van der Waals surface area contributed by atoms with Gasteiger partial charge in [-0.05, 0) is 31.0 Å². The second-order valence-electron chi connectivity index (χ2n) is 4.67. The van der Waals surface area contributed by atoms with Crippen LogP contribution in [0, 0.1) is 6.92 Å². The summed E-state index contributed by atoms with van der Waals surface area (Å²) in [5.74, 6) is 0. The van der Waals surface area contributed by atoms with E-state index in [-0.39, 0.29) is 0 Å². The number of hydrogen-bond donors (Lipinski definition) is 1. The highest BCUT2D eigenvalue weighted by atomic mass is 35.5. The normalized spacial score (nSPS) is 22.3. The van der Waals surface area contributed by atoms with Crippen LogP contribution in [-0.4, -0.2) is 30.6 Å². The third kappa shape index (κ3) is 2.97. The smallest absolute Gasteiger partial charge is 0.0435 e. The van der Waals surface area contributed by atoms with Crippen LogP contribution in [0.25, 0.3) is 0 Å². The summed E-state index contributed by atoms with van der Waals surface area (Å²) in [6.45, 7) is 8.68. The largest absolute Gasteiger partial charge is 0.312 e. The average Bonchev–Trinajstić information content (AvgIpc) is 2.24. The molecule has 0 saturated carbocycles. The minimum atomic E-state index is 0.599. The van der Waals surface area contributed by atoms with E-state index < -0.39 is 0 Å². The lowest BCUT2D eigenvalue weighted by molar-refractivity contribution is 0.199. The number of hydrogen-bond acceptors (Lipinski definition) is 2. The molecule has 1 aromatic rings. The van der Waals surface area contributed by atoms with Gasteiger partial charge in [-0.2, -0.15) is 0 Å². The molecule has 0 aliphatic carbocycles. The molecule has 1 saturated heterocycles. The van der Waals surface area contributed by atoms with Gasteiger partial charge in [0, 0.05) is 37.2 Å². The van der Waals surface area contributed by atoms with Gasteiger partial charge in [-0.1, -0.05) is 23.7 Å². The number of nitrogens with zero attached hydrogens (tertiary/aromatic N) is 1. The lowest BCUT2D eigenvalue weighted by atomic mass is 10.1. The third-order valence-electron chi connectivity index (χ3n) is 3.08. The SMILES string of the molecule is Cc1cc(CN2CCN[C@@H](C)C2)ccc1Cl. The first kappa shape index (κ1) is 11.9. The first-order chi connectivity index (χ1) is 7.65. The van der Waals surface area contributed by atoms with Crippen molar-refractivity contribution >= 4 is 11.6 Å². The topological polar surface area (TPSA) is 15.3 Å². The molecule has 0 aromatic heterocycles. The van der Waals surface area contributed by atoms with Gasteiger partial charge >= 0.3 is 0 Å². The Balaban J connectivity index is 2.00. The number of aryl methyl sites for hydroxylation is 1. The van der Waals surface area contributed by atoms with Crippen molar-refractivity contribution in [2.75, 3.05) is 19.6 Å². The van der Waals surface area contributed by atoms with Crippen molar-refractivity contribution in [3.05, 3.63) is 34.3 Å². The van der Waals surface area contributed by atoms with Crippen LogP contribution in [0.5, 0.6) is 0 Å². The highest BCUT2D eigenvalue weighted by molar-refractivity contribution is 6.31. The molecule has 0 bridgehead atoms. The van der Waals surface area contributed by atoms with Gasteiger partial charge in [0.15, 0.2) is 0 Å². The molecule has 2 nitrogen and oxygen atoms in total. The summed E-state index contributed by atoms with van der Waals surface area (Å²) in [4.78, 5) is 2.49. The first-order valence-electron chi connectivity index (χ1n) is 5.86. The highest BCUT2D eigenvalue weighted by Gasteiger charge is 2.15. The van der Waals surface area contributed by atoms with Crippen LogP contribution in [0.4, 0.5) is 0 Å². The number of nitrogens with one attached hydrogen (secondary N) is 1. The second kappa shape index (κ2) is 5.17. The Kier molecular flexibility index (Phi) is 3.85. The van der Waals surface area contributed by atoms with Crippen molar-refractivity contribution in [1.82, 2.24) is 10.2 Å². The Labute approximate surface area is 103 Å². The molecule has 16 heavy (non-hydrogen) atoms. The van der Waals surface area contributed by atoms with Gasteiger partial charge in [0.25, 0.3) is 0 Å². The molecule has 1 fully saturated rings. The third-order valence-corrected chi connectivity index (χ3v) is 3.51. The molecule has 88 valence electrons. The Bertz CT molecular complexity index is 365. The first-order valence-corrected chi connectivity index (χ1v) is 6.24. The van der Waals surface area contributed by atoms with Gasteiger partial charge in [0.1, 0.15) is 0 Å². The van der Waals surface area contributed by atoms with E-state index >= 15 is 0 Å². The van der Waals surface area contributed by atoms with Crippen LogP contribution in [0.15, 0.2) is 18.2 Å². The van der Waals surface area contributed by atoms with Crippen LogP contribution >= 0.6 is 11.6 Å². The average molecular weight is 239 g/mol. The fraction of sp³-hybridized carbons (Fsp3) is 0.538. The molecule has 0 spiro atoms. The van der Waals surface area contributed by atoms with E-state index in [1.165, 1.54) is 11.1 Å². The maximum atomic E-state index is 6.02. The maximum absolute atomic E-state index is 6.02. The summed E-state index contributed by atoms with van der Waals surface area (Å²) in [6.07, 6.45) is 0. The number of benzene rings is 1. The van der Waals surface area contributed by atoms with Crippen molar-refractivity contribution in [2.45, 2.75) is 26.4 Å². The van der Waals surface area contributed by atoms with Crippen LogP contribution < -0.4 is 5.32 Å². The molecular weight excluding hydrogens is 220 g/mol. The highest BCUT2D eigenvalue weighted by Crippen LogP contribution is 2.17. The number of piperazine rings is 1. The summed E-state index contributed by atoms with van der Waals surface area (Å²) < 4.78 is 0. The Hall–Kier alpha value is -0.570. The Morgan fingerprint density at radius 1 is 1.50 bits per heavy atom. The molecule has 1 atom stereocenters. The summed E-state index contributed by atoms with van der Waals surface area (Å²) >= 11 is 6.02. The predicted octanol–water partition coefficient (Wildman–Crippen LogP) is 2.44. The van der Waals surface area contributed by atoms with Crippen molar-refractivity contribution in [2.24, 2.45) is 0 Å². The molecule has 1 aromatic carbocycles. The van der Waals surface area contributed by atoms with Gasteiger partial charge in [0.2, 0.25) is 0 Å². The lowest BCUT2D eigenvalue weighted by Gasteiger charge is -2.31. The number of rotatable bonds is 2. The number of halogens is 1. The predicted molar refractivity (Wildman–Crippen MR) is 68.9 cm³/mol. The zero-order valence-corrected chi connectivity index (χ0v) is 10.7. The zero-order chi connectivity index (χ0) is 11.5. The summed E-state index contributed by atoms with van der Waals surface area (Å²) in [7, 11) is 0. The van der Waals surface area contributed by atoms with E-state index in [1.807, 2.05) is 6.07 Å². The molecule has 1 aliphatic heterocycles. The second-order valence-corrected chi connectivity index (χ2v) is 5.08. The Morgan fingerprint density at radius 3 is 3.00 bits per heavy atom. The van der Waals surface area contributed by atoms with Crippen LogP contribution in [0.3, 0.4) is 0 Å². The van der Waals surface area contributed by atoms with E-state index in [0.29, 0.717) is 6.04 Å². The summed E-state index contributed by atoms with van der Waals surface area (Å²) in [5.41, 5.74) is 2.53. The molecule has 1 aliphatic rings. The van der Waals surface area contributed by atoms with Gasteiger partial charge < -0.3 is 5.32 Å². The van der Waals surface area contributed by atoms with Gasteiger partial charge in [-0.15, -0.1) is 0 Å². The minimum Gasteiger partial charge on any atom is -0.312 e. The van der Waals surface area contributed by atoms with Crippen molar-refractivity contribution in [1.29, 1.82) is 0 Å². The van der Waals surface area contributed by atoms with Gasteiger partial charge in [0.05, 0.1) is 0 Å². The molecule has 1 N–H and O–H groups in total. The van der Waals surface area contributed by atoms with Crippen LogP contribution in [0.1, 0.15) is 18.1 Å². The minimum absolute atomic E-state index is 0.599. The molecule has 0 amide bonds. The standard InChI is InChI=1S/C13H19ClN2/c1-10-7-12(3-4-13(10)14)9-16-6-5-15-11(2)8-16/h3-4,7,11,15H,5-6,8-9H2,1-2H3/t11-/m0/s1. The molecular formula is C13H19ClN2. The summed E-state index contributed by atoms with van der Waals surface area (Å²) in [6, 6.07) is 6.91. The maximum Gasteiger partial charge on any atom is 0.0435 e. The van der Waals surface area contributed by atoms with E-state index in [2.05, 4.69) is 36.2 Å². The fourth-order valence-electron chi connectivity index (χ4n) is 2.22. The van der Waals surface area contributed by atoms with E-state index in [9.17, 15) is 0 Å². The molecule has 0 unspecified atom stereocenters. The molecule has 0 radical (unpaired) electrons. The van der Waals surface area contributed by atoms with Gasteiger partial charge in [-0.25, -0.2) is 0 Å². The van der Waals surface area contributed by atoms with Gasteiger partial charge in [-0.3, -0.25) is 4.90 Å². The van der Waals surface area contributed by atoms with Crippen LogP contribution in [0.2, 0.25) is 5.02 Å². The van der Waals surface area contributed by atoms with E-state index in [4.69, 9.17) is 11.6 Å². The molecule has 1 heterocycles. The molecule has 2 rings (SSSR count). The zero-order valence-electron chi connectivity index (χ0n) is 9.96. The van der Waals surface area contributed by atoms with E-state index in [1.54, 1.807) is 0 Å². The monoisotopic (exact) mass is 238 g/mol. The Morgan fingerprint density at radius 2 is 2.31 bits per heavy atom.